The van der Waals surface area contributed by atoms with Gasteiger partial charge in [-0.1, -0.05) is 6.07 Å². The van der Waals surface area contributed by atoms with E-state index in [2.05, 4.69) is 10.3 Å². The molecule has 0 amide bonds. The second kappa shape index (κ2) is 5.41. The number of nitrogens with zero attached hydrogens (tertiary/aromatic N) is 2. The van der Waals surface area contributed by atoms with Gasteiger partial charge >= 0.3 is 0 Å². The molecule has 0 spiro atoms. The average Bonchev–Trinajstić information content (AvgIpc) is 2.28. The Morgan fingerprint density at radius 1 is 1.60 bits per heavy atom. The first-order chi connectivity index (χ1) is 7.20. The highest BCUT2D eigenvalue weighted by atomic mass is 16.3. The second-order valence-corrected chi connectivity index (χ2v) is 3.12. The number of likely N-dealkylation sites (N-methyl/N-ethyl adjacent to an activating group) is 1. The Hall–Kier alpha value is -1.48. The lowest BCUT2D eigenvalue weighted by Gasteiger charge is -2.17. The first-order valence-corrected chi connectivity index (χ1v) is 4.56. The molecule has 3 N–H and O–H groups in total. The lowest BCUT2D eigenvalue weighted by Crippen LogP contribution is -2.30. The molecular formula is C10H13N3O2. The molecule has 5 heteroatoms. The number of hydrogen-bond donors (Lipinski definition) is 3. The van der Waals surface area contributed by atoms with Crippen molar-refractivity contribution in [2.24, 2.45) is 0 Å². The molecule has 1 aromatic heterocycles. The zero-order chi connectivity index (χ0) is 11.3. The maximum Gasteiger partial charge on any atom is 0.146 e. The maximum absolute atomic E-state index is 9.75. The number of rotatable bonds is 4. The molecule has 2 atom stereocenters. The van der Waals surface area contributed by atoms with Crippen molar-refractivity contribution in [3.63, 3.8) is 0 Å². The molecular weight excluding hydrogens is 194 g/mol. The van der Waals surface area contributed by atoms with Gasteiger partial charge in [-0.15, -0.1) is 0 Å². The first-order valence-electron chi connectivity index (χ1n) is 4.56. The summed E-state index contributed by atoms with van der Waals surface area (Å²) in [5, 5.41) is 30.8. The van der Waals surface area contributed by atoms with Crippen LogP contribution in [0.1, 0.15) is 17.4 Å². The summed E-state index contributed by atoms with van der Waals surface area (Å²) in [7, 11) is 1.67. The van der Waals surface area contributed by atoms with Crippen LogP contribution in [0.5, 0.6) is 0 Å². The minimum Gasteiger partial charge on any atom is -0.389 e. The van der Waals surface area contributed by atoms with E-state index in [1.807, 2.05) is 6.07 Å². The highest BCUT2D eigenvalue weighted by molar-refractivity contribution is 5.32. The van der Waals surface area contributed by atoms with E-state index in [1.165, 1.54) is 6.20 Å². The SMILES string of the molecule is CNCC(O)C(O)c1cccnc1C#N. The summed E-state index contributed by atoms with van der Waals surface area (Å²) in [5.41, 5.74) is 0.489. The van der Waals surface area contributed by atoms with E-state index in [9.17, 15) is 10.2 Å². The van der Waals surface area contributed by atoms with Gasteiger partial charge in [0.1, 0.15) is 17.9 Å². The van der Waals surface area contributed by atoms with Crippen LogP contribution in [0.25, 0.3) is 0 Å². The van der Waals surface area contributed by atoms with Gasteiger partial charge in [0, 0.05) is 18.3 Å². The van der Waals surface area contributed by atoms with Crippen LogP contribution in [0, 0.1) is 11.3 Å². The van der Waals surface area contributed by atoms with Gasteiger partial charge in [0.25, 0.3) is 0 Å². The van der Waals surface area contributed by atoms with Gasteiger partial charge in [0.15, 0.2) is 0 Å². The van der Waals surface area contributed by atoms with Gasteiger partial charge in [-0.3, -0.25) is 0 Å². The molecule has 1 rings (SSSR count). The van der Waals surface area contributed by atoms with E-state index in [4.69, 9.17) is 5.26 Å². The molecule has 0 aliphatic heterocycles. The van der Waals surface area contributed by atoms with Crippen LogP contribution in [0.3, 0.4) is 0 Å². The molecule has 2 unspecified atom stereocenters. The van der Waals surface area contributed by atoms with Crippen molar-refractivity contribution >= 4 is 0 Å². The molecule has 15 heavy (non-hydrogen) atoms. The minimum absolute atomic E-state index is 0.139. The third kappa shape index (κ3) is 2.73. The van der Waals surface area contributed by atoms with Crippen LogP contribution in [-0.4, -0.2) is 34.9 Å². The lowest BCUT2D eigenvalue weighted by molar-refractivity contribution is 0.0199. The Labute approximate surface area is 88.0 Å². The molecule has 1 aromatic rings. The summed E-state index contributed by atoms with van der Waals surface area (Å²) in [6.07, 6.45) is -0.578. The quantitative estimate of drug-likeness (QED) is 0.623. The van der Waals surface area contributed by atoms with Crippen LogP contribution in [0.15, 0.2) is 18.3 Å². The first kappa shape index (κ1) is 11.6. The number of nitriles is 1. The Kier molecular flexibility index (Phi) is 4.18. The van der Waals surface area contributed by atoms with Crippen LogP contribution >= 0.6 is 0 Å². The lowest BCUT2D eigenvalue weighted by atomic mass is 10.0. The normalized spacial score (nSPS) is 14.3. The van der Waals surface area contributed by atoms with Gasteiger partial charge < -0.3 is 15.5 Å². The highest BCUT2D eigenvalue weighted by Crippen LogP contribution is 2.18. The number of aliphatic hydroxyl groups excluding tert-OH is 2. The molecule has 0 saturated carbocycles. The standard InChI is InChI=1S/C10H13N3O2/c1-12-6-9(14)10(15)7-3-2-4-13-8(7)5-11/h2-4,9-10,12,14-15H,6H2,1H3. The van der Waals surface area contributed by atoms with Crippen LogP contribution in [-0.2, 0) is 0 Å². The van der Waals surface area contributed by atoms with Crippen LogP contribution in [0.4, 0.5) is 0 Å². The Morgan fingerprint density at radius 3 is 2.93 bits per heavy atom. The van der Waals surface area contributed by atoms with E-state index in [1.54, 1.807) is 19.2 Å². The third-order valence-corrected chi connectivity index (χ3v) is 2.04. The van der Waals surface area contributed by atoms with Gasteiger partial charge in [0.05, 0.1) is 6.10 Å². The fourth-order valence-corrected chi connectivity index (χ4v) is 1.28. The van der Waals surface area contributed by atoms with E-state index < -0.39 is 12.2 Å². The number of aromatic nitrogens is 1. The van der Waals surface area contributed by atoms with E-state index in [0.717, 1.165) is 0 Å². The molecule has 0 saturated heterocycles. The van der Waals surface area contributed by atoms with Gasteiger partial charge in [-0.05, 0) is 13.1 Å². The maximum atomic E-state index is 9.75. The van der Waals surface area contributed by atoms with Crippen molar-refractivity contribution in [1.82, 2.24) is 10.3 Å². The van der Waals surface area contributed by atoms with Crippen molar-refractivity contribution in [3.8, 4) is 6.07 Å². The fraction of sp³-hybridized carbons (Fsp3) is 0.400. The molecule has 80 valence electrons. The zero-order valence-corrected chi connectivity index (χ0v) is 8.38. The highest BCUT2D eigenvalue weighted by Gasteiger charge is 2.20. The van der Waals surface area contributed by atoms with Gasteiger partial charge in [-0.2, -0.15) is 5.26 Å². The summed E-state index contributed by atoms with van der Waals surface area (Å²) in [6.45, 7) is 0.251. The van der Waals surface area contributed by atoms with E-state index >= 15 is 0 Å². The summed E-state index contributed by atoms with van der Waals surface area (Å²) in [5.74, 6) is 0. The smallest absolute Gasteiger partial charge is 0.146 e. The van der Waals surface area contributed by atoms with Crippen molar-refractivity contribution in [1.29, 1.82) is 5.26 Å². The summed E-state index contributed by atoms with van der Waals surface area (Å²) < 4.78 is 0. The van der Waals surface area contributed by atoms with Gasteiger partial charge in [0.2, 0.25) is 0 Å². The van der Waals surface area contributed by atoms with E-state index in [-0.39, 0.29) is 12.2 Å². The van der Waals surface area contributed by atoms with Crippen LogP contribution < -0.4 is 5.32 Å². The number of aliphatic hydroxyl groups is 2. The Bertz CT molecular complexity index is 362. The number of nitrogens with one attached hydrogen (secondary N) is 1. The predicted octanol–water partition coefficient (Wildman–Crippen LogP) is -0.433. The minimum atomic E-state index is -1.10. The third-order valence-electron chi connectivity index (χ3n) is 2.04. The molecule has 1 heterocycles. The topological polar surface area (TPSA) is 89.2 Å². The summed E-state index contributed by atoms with van der Waals surface area (Å²) >= 11 is 0. The Balaban J connectivity index is 2.91. The number of pyridine rings is 1. The van der Waals surface area contributed by atoms with E-state index in [0.29, 0.717) is 5.56 Å². The predicted molar refractivity (Wildman–Crippen MR) is 53.8 cm³/mol. The molecule has 5 nitrogen and oxygen atoms in total. The number of hydrogen-bond acceptors (Lipinski definition) is 5. The largest absolute Gasteiger partial charge is 0.389 e. The molecule has 0 bridgehead atoms. The molecule has 0 aliphatic carbocycles. The summed E-state index contributed by atoms with van der Waals surface area (Å²) in [6, 6.07) is 5.07. The van der Waals surface area contributed by atoms with Crippen molar-refractivity contribution in [2.45, 2.75) is 12.2 Å². The fourth-order valence-electron chi connectivity index (χ4n) is 1.28. The monoisotopic (exact) mass is 207 g/mol. The summed E-state index contributed by atoms with van der Waals surface area (Å²) in [4.78, 5) is 3.81. The molecule has 0 aromatic carbocycles. The second-order valence-electron chi connectivity index (χ2n) is 3.12. The molecule has 0 fully saturated rings. The molecule has 0 aliphatic rings. The van der Waals surface area contributed by atoms with Crippen molar-refractivity contribution < 1.29 is 10.2 Å². The average molecular weight is 207 g/mol. The molecule has 0 radical (unpaired) electrons. The zero-order valence-electron chi connectivity index (χ0n) is 8.38. The Morgan fingerprint density at radius 2 is 2.33 bits per heavy atom. The van der Waals surface area contributed by atoms with Crippen molar-refractivity contribution in [2.75, 3.05) is 13.6 Å². The van der Waals surface area contributed by atoms with Gasteiger partial charge in [-0.25, -0.2) is 4.98 Å². The van der Waals surface area contributed by atoms with Crippen LogP contribution in [0.2, 0.25) is 0 Å². The van der Waals surface area contributed by atoms with Crippen molar-refractivity contribution in [3.05, 3.63) is 29.6 Å².